The monoisotopic (exact) mass is 306 g/mol. The Kier molecular flexibility index (Phi) is 4.65. The second kappa shape index (κ2) is 6.28. The smallest absolute Gasteiger partial charge is 0.244 e. The van der Waals surface area contributed by atoms with Crippen LogP contribution in [0.2, 0.25) is 5.02 Å². The van der Waals surface area contributed by atoms with Crippen molar-refractivity contribution in [3.8, 4) is 0 Å². The van der Waals surface area contributed by atoms with Crippen molar-refractivity contribution in [3.63, 3.8) is 0 Å². The van der Waals surface area contributed by atoms with Crippen LogP contribution in [-0.2, 0) is 11.8 Å². The van der Waals surface area contributed by atoms with Gasteiger partial charge >= 0.3 is 0 Å². The van der Waals surface area contributed by atoms with Crippen LogP contribution >= 0.6 is 11.6 Å². The summed E-state index contributed by atoms with van der Waals surface area (Å²) in [6.45, 7) is 1.94. The number of carbonyl (C=O) groups excluding carboxylic acids is 1. The summed E-state index contributed by atoms with van der Waals surface area (Å²) in [5, 5.41) is 4.69. The fourth-order valence-electron chi connectivity index (χ4n) is 2.14. The van der Waals surface area contributed by atoms with Crippen LogP contribution in [0.3, 0.4) is 0 Å². The van der Waals surface area contributed by atoms with Crippen LogP contribution < -0.4 is 5.73 Å². The molecule has 1 aromatic heterocycles. The van der Waals surface area contributed by atoms with E-state index in [2.05, 4.69) is 5.10 Å². The molecule has 2 atom stereocenters. The van der Waals surface area contributed by atoms with Crippen molar-refractivity contribution in [2.75, 3.05) is 7.05 Å². The maximum absolute atomic E-state index is 12.5. The third kappa shape index (κ3) is 3.43. The Labute approximate surface area is 129 Å². The molecule has 0 radical (unpaired) electrons. The van der Waals surface area contributed by atoms with E-state index in [4.69, 9.17) is 17.3 Å². The van der Waals surface area contributed by atoms with Gasteiger partial charge in [-0.15, -0.1) is 0 Å². The number of halogens is 1. The van der Waals surface area contributed by atoms with Gasteiger partial charge < -0.3 is 10.6 Å². The molecule has 2 aromatic rings. The van der Waals surface area contributed by atoms with Gasteiger partial charge in [0.05, 0.1) is 12.2 Å². The summed E-state index contributed by atoms with van der Waals surface area (Å²) < 4.78 is 1.63. The minimum atomic E-state index is -0.717. The van der Waals surface area contributed by atoms with Gasteiger partial charge in [0.15, 0.2) is 0 Å². The lowest BCUT2D eigenvalue weighted by molar-refractivity contribution is -0.133. The number of nitrogens with two attached hydrogens (primary N) is 1. The highest BCUT2D eigenvalue weighted by molar-refractivity contribution is 6.30. The van der Waals surface area contributed by atoms with Gasteiger partial charge in [-0.1, -0.05) is 23.7 Å². The molecular weight excluding hydrogens is 288 g/mol. The summed E-state index contributed by atoms with van der Waals surface area (Å²) in [4.78, 5) is 14.1. The molecule has 0 bridgehead atoms. The minimum Gasteiger partial charge on any atom is -0.337 e. The Bertz CT molecular complexity index is 640. The van der Waals surface area contributed by atoms with E-state index in [0.29, 0.717) is 10.6 Å². The fraction of sp³-hybridized carbons (Fsp3) is 0.333. The first-order valence-corrected chi connectivity index (χ1v) is 7.04. The second-order valence-corrected chi connectivity index (χ2v) is 5.54. The van der Waals surface area contributed by atoms with E-state index in [1.54, 1.807) is 42.1 Å². The van der Waals surface area contributed by atoms with Crippen molar-refractivity contribution in [1.82, 2.24) is 14.7 Å². The van der Waals surface area contributed by atoms with Gasteiger partial charge in [-0.05, 0) is 24.6 Å². The SMILES string of the molecule is CC(c1cccc(Cl)c1)N(C)C(=O)C(N)c1cnn(C)c1. The Morgan fingerprint density at radius 3 is 2.71 bits per heavy atom. The van der Waals surface area contributed by atoms with Crippen molar-refractivity contribution in [3.05, 3.63) is 52.8 Å². The van der Waals surface area contributed by atoms with E-state index in [-0.39, 0.29) is 11.9 Å². The molecule has 0 saturated heterocycles. The highest BCUT2D eigenvalue weighted by Gasteiger charge is 2.25. The molecule has 112 valence electrons. The molecule has 1 aromatic carbocycles. The fourth-order valence-corrected chi connectivity index (χ4v) is 2.34. The van der Waals surface area contributed by atoms with Crippen LogP contribution in [0.1, 0.15) is 30.1 Å². The molecule has 0 aliphatic heterocycles. The molecule has 0 spiro atoms. The van der Waals surface area contributed by atoms with Gasteiger partial charge in [-0.25, -0.2) is 0 Å². The number of amides is 1. The van der Waals surface area contributed by atoms with Crippen LogP contribution in [0.15, 0.2) is 36.7 Å². The predicted octanol–water partition coefficient (Wildman–Crippen LogP) is 2.29. The molecule has 2 unspecified atom stereocenters. The molecule has 2 rings (SSSR count). The number of carbonyl (C=O) groups is 1. The predicted molar refractivity (Wildman–Crippen MR) is 82.8 cm³/mol. The van der Waals surface area contributed by atoms with Crippen LogP contribution in [0.5, 0.6) is 0 Å². The summed E-state index contributed by atoms with van der Waals surface area (Å²) in [7, 11) is 3.53. The van der Waals surface area contributed by atoms with Crippen LogP contribution in [-0.4, -0.2) is 27.6 Å². The molecule has 0 aliphatic carbocycles. The molecule has 0 saturated carbocycles. The molecular formula is C15H19ClN4O. The number of hydrogen-bond donors (Lipinski definition) is 1. The number of hydrogen-bond acceptors (Lipinski definition) is 3. The van der Waals surface area contributed by atoms with Crippen molar-refractivity contribution >= 4 is 17.5 Å². The number of likely N-dealkylation sites (N-methyl/N-ethyl adjacent to an activating group) is 1. The molecule has 6 heteroatoms. The molecule has 5 nitrogen and oxygen atoms in total. The lowest BCUT2D eigenvalue weighted by Gasteiger charge is -2.27. The third-order valence-corrected chi connectivity index (χ3v) is 3.84. The van der Waals surface area contributed by atoms with Crippen molar-refractivity contribution in [2.45, 2.75) is 19.0 Å². The first-order valence-electron chi connectivity index (χ1n) is 6.66. The Morgan fingerprint density at radius 1 is 1.43 bits per heavy atom. The van der Waals surface area contributed by atoms with Gasteiger partial charge in [0, 0.05) is 30.9 Å². The molecule has 0 aliphatic rings. The second-order valence-electron chi connectivity index (χ2n) is 5.11. The van der Waals surface area contributed by atoms with E-state index in [0.717, 1.165) is 5.56 Å². The number of nitrogens with zero attached hydrogens (tertiary/aromatic N) is 3. The lowest BCUT2D eigenvalue weighted by Crippen LogP contribution is -2.37. The van der Waals surface area contributed by atoms with E-state index in [1.807, 2.05) is 25.1 Å². The number of rotatable bonds is 4. The lowest BCUT2D eigenvalue weighted by atomic mass is 10.1. The maximum atomic E-state index is 12.5. The average Bonchev–Trinajstić information content (AvgIpc) is 2.90. The van der Waals surface area contributed by atoms with E-state index >= 15 is 0 Å². The summed E-state index contributed by atoms with van der Waals surface area (Å²) >= 11 is 6.00. The molecule has 1 heterocycles. The first-order chi connectivity index (χ1) is 9.90. The van der Waals surface area contributed by atoms with Crippen LogP contribution in [0.4, 0.5) is 0 Å². The van der Waals surface area contributed by atoms with E-state index in [1.165, 1.54) is 0 Å². The molecule has 1 amide bonds. The van der Waals surface area contributed by atoms with Crippen LogP contribution in [0.25, 0.3) is 0 Å². The highest BCUT2D eigenvalue weighted by Crippen LogP contribution is 2.24. The van der Waals surface area contributed by atoms with Gasteiger partial charge in [0.25, 0.3) is 0 Å². The molecule has 21 heavy (non-hydrogen) atoms. The van der Waals surface area contributed by atoms with E-state index < -0.39 is 6.04 Å². The summed E-state index contributed by atoms with van der Waals surface area (Å²) in [6.07, 6.45) is 3.36. The van der Waals surface area contributed by atoms with Gasteiger partial charge in [-0.3, -0.25) is 9.48 Å². The molecule has 0 fully saturated rings. The standard InChI is InChI=1S/C15H19ClN4O/c1-10(11-5-4-6-13(16)7-11)20(3)15(21)14(17)12-8-18-19(2)9-12/h4-10,14H,17H2,1-3H3. The number of benzene rings is 1. The summed E-state index contributed by atoms with van der Waals surface area (Å²) in [5.41, 5.74) is 7.70. The van der Waals surface area contributed by atoms with Gasteiger partial charge in [0.1, 0.15) is 6.04 Å². The van der Waals surface area contributed by atoms with E-state index in [9.17, 15) is 4.79 Å². The molecule has 2 N–H and O–H groups in total. The Balaban J connectivity index is 2.15. The Hall–Kier alpha value is -1.85. The van der Waals surface area contributed by atoms with Crippen molar-refractivity contribution < 1.29 is 4.79 Å². The Morgan fingerprint density at radius 2 is 2.14 bits per heavy atom. The number of aryl methyl sites for hydroxylation is 1. The maximum Gasteiger partial charge on any atom is 0.244 e. The average molecular weight is 307 g/mol. The van der Waals surface area contributed by atoms with Crippen molar-refractivity contribution in [1.29, 1.82) is 0 Å². The van der Waals surface area contributed by atoms with Crippen molar-refractivity contribution in [2.24, 2.45) is 12.8 Å². The van der Waals surface area contributed by atoms with Gasteiger partial charge in [0.2, 0.25) is 5.91 Å². The zero-order valence-corrected chi connectivity index (χ0v) is 13.1. The quantitative estimate of drug-likeness (QED) is 0.942. The normalized spacial score (nSPS) is 13.8. The summed E-state index contributed by atoms with van der Waals surface area (Å²) in [6, 6.07) is 6.64. The first kappa shape index (κ1) is 15.5. The van der Waals surface area contributed by atoms with Crippen LogP contribution in [0, 0.1) is 0 Å². The topological polar surface area (TPSA) is 64.2 Å². The largest absolute Gasteiger partial charge is 0.337 e. The third-order valence-electron chi connectivity index (χ3n) is 3.61. The van der Waals surface area contributed by atoms with Gasteiger partial charge in [-0.2, -0.15) is 5.10 Å². The zero-order valence-electron chi connectivity index (χ0n) is 12.3. The minimum absolute atomic E-state index is 0.112. The highest BCUT2D eigenvalue weighted by atomic mass is 35.5. The number of aromatic nitrogens is 2. The zero-order chi connectivity index (χ0) is 15.6. The summed E-state index contributed by atoms with van der Waals surface area (Å²) in [5.74, 6) is -0.157.